The van der Waals surface area contributed by atoms with Crippen LogP contribution in [-0.4, -0.2) is 18.1 Å². The van der Waals surface area contributed by atoms with E-state index in [4.69, 9.17) is 0 Å². The Labute approximate surface area is 125 Å². The van der Waals surface area contributed by atoms with Gasteiger partial charge in [0.05, 0.1) is 12.8 Å². The number of thiazole rings is 1. The number of carbonyl (C=O) groups is 1. The summed E-state index contributed by atoms with van der Waals surface area (Å²) in [7, 11) is 1.33. The van der Waals surface area contributed by atoms with E-state index in [2.05, 4.69) is 46.9 Å². The van der Waals surface area contributed by atoms with Gasteiger partial charge in [0.1, 0.15) is 0 Å². The number of nitrogens with one attached hydrogen (secondary N) is 1. The van der Waals surface area contributed by atoms with Gasteiger partial charge in [-0.3, -0.25) is 0 Å². The van der Waals surface area contributed by atoms with Crippen molar-refractivity contribution in [2.45, 2.75) is 0 Å². The lowest BCUT2D eigenvalue weighted by Crippen LogP contribution is -2.01. The van der Waals surface area contributed by atoms with Gasteiger partial charge < -0.3 is 10.1 Å². The van der Waals surface area contributed by atoms with Crippen molar-refractivity contribution in [3.63, 3.8) is 0 Å². The molecule has 0 spiro atoms. The predicted molar refractivity (Wildman–Crippen MR) is 78.6 cm³/mol. The lowest BCUT2D eigenvalue weighted by molar-refractivity contribution is 0.0595. The van der Waals surface area contributed by atoms with Crippen molar-refractivity contribution in [2.75, 3.05) is 12.4 Å². The highest BCUT2D eigenvalue weighted by molar-refractivity contribution is 9.11. The van der Waals surface area contributed by atoms with Crippen molar-refractivity contribution >= 4 is 60.0 Å². The summed E-state index contributed by atoms with van der Waals surface area (Å²) < 4.78 is 6.49. The molecule has 2 rings (SSSR count). The summed E-state index contributed by atoms with van der Waals surface area (Å²) >= 11 is 8.17. The smallest absolute Gasteiger partial charge is 0.357 e. The van der Waals surface area contributed by atoms with Gasteiger partial charge in [0.2, 0.25) is 0 Å². The molecule has 0 aliphatic heterocycles. The first-order chi connectivity index (χ1) is 8.60. The van der Waals surface area contributed by atoms with Gasteiger partial charge in [0.25, 0.3) is 0 Å². The predicted octanol–water partition coefficient (Wildman–Crippen LogP) is 4.20. The summed E-state index contributed by atoms with van der Waals surface area (Å²) in [6.07, 6.45) is 0. The van der Waals surface area contributed by atoms with Crippen molar-refractivity contribution < 1.29 is 9.53 Å². The first-order valence-electron chi connectivity index (χ1n) is 4.86. The molecule has 18 heavy (non-hydrogen) atoms. The van der Waals surface area contributed by atoms with Crippen LogP contribution in [0, 0.1) is 0 Å². The van der Waals surface area contributed by atoms with E-state index in [1.807, 2.05) is 18.2 Å². The second-order valence-corrected chi connectivity index (χ2v) is 5.91. The second kappa shape index (κ2) is 5.81. The molecule has 4 nitrogen and oxygen atoms in total. The van der Waals surface area contributed by atoms with Crippen LogP contribution < -0.4 is 5.32 Å². The van der Waals surface area contributed by atoms with Crippen LogP contribution >= 0.6 is 43.2 Å². The molecule has 0 amide bonds. The molecule has 0 radical (unpaired) electrons. The fourth-order valence-corrected chi connectivity index (χ4v) is 3.07. The van der Waals surface area contributed by atoms with Crippen LogP contribution in [0.2, 0.25) is 0 Å². The third-order valence-electron chi connectivity index (χ3n) is 2.07. The van der Waals surface area contributed by atoms with Gasteiger partial charge in [-0.2, -0.15) is 0 Å². The average Bonchev–Trinajstić information content (AvgIpc) is 2.80. The molecule has 0 atom stereocenters. The fraction of sp³-hybridized carbons (Fsp3) is 0.0909. The molecule has 7 heteroatoms. The van der Waals surface area contributed by atoms with Crippen LogP contribution in [0.25, 0.3) is 0 Å². The van der Waals surface area contributed by atoms with Gasteiger partial charge in [-0.15, -0.1) is 11.3 Å². The van der Waals surface area contributed by atoms with Gasteiger partial charge >= 0.3 is 5.97 Å². The van der Waals surface area contributed by atoms with E-state index in [1.54, 1.807) is 5.38 Å². The number of halogens is 2. The number of hydrogen-bond acceptors (Lipinski definition) is 5. The van der Waals surface area contributed by atoms with E-state index in [9.17, 15) is 4.79 Å². The van der Waals surface area contributed by atoms with Gasteiger partial charge in [-0.25, -0.2) is 9.78 Å². The Morgan fingerprint density at radius 3 is 2.89 bits per heavy atom. The fourth-order valence-electron chi connectivity index (χ4n) is 1.24. The first-order valence-corrected chi connectivity index (χ1v) is 7.32. The number of esters is 1. The van der Waals surface area contributed by atoms with Crippen LogP contribution in [0.5, 0.6) is 0 Å². The second-order valence-electron chi connectivity index (χ2n) is 3.28. The van der Waals surface area contributed by atoms with Crippen LogP contribution in [-0.2, 0) is 4.74 Å². The zero-order chi connectivity index (χ0) is 13.1. The number of carbonyl (C=O) groups excluding carboxylic acids is 1. The molecule has 0 fully saturated rings. The number of anilines is 2. The molecule has 1 heterocycles. The Balaban J connectivity index is 2.18. The molecule has 1 aromatic heterocycles. The maximum Gasteiger partial charge on any atom is 0.357 e. The molecule has 0 unspecified atom stereocenters. The van der Waals surface area contributed by atoms with E-state index in [0.717, 1.165) is 14.6 Å². The Morgan fingerprint density at radius 2 is 2.22 bits per heavy atom. The van der Waals surface area contributed by atoms with Crippen molar-refractivity contribution in [3.05, 3.63) is 38.2 Å². The Hall–Kier alpha value is -0.920. The van der Waals surface area contributed by atoms with E-state index in [0.29, 0.717) is 10.8 Å². The Bertz CT molecular complexity index is 586. The van der Waals surface area contributed by atoms with Gasteiger partial charge in [0.15, 0.2) is 10.8 Å². The zero-order valence-corrected chi connectivity index (χ0v) is 13.2. The third kappa shape index (κ3) is 3.09. The van der Waals surface area contributed by atoms with Crippen molar-refractivity contribution in [1.29, 1.82) is 0 Å². The van der Waals surface area contributed by atoms with Gasteiger partial charge in [0, 0.05) is 14.3 Å². The topological polar surface area (TPSA) is 51.2 Å². The number of rotatable bonds is 3. The minimum atomic E-state index is -0.436. The largest absolute Gasteiger partial charge is 0.464 e. The Morgan fingerprint density at radius 1 is 1.44 bits per heavy atom. The normalized spacial score (nSPS) is 10.2. The minimum Gasteiger partial charge on any atom is -0.464 e. The number of hydrogen-bond donors (Lipinski definition) is 1. The quantitative estimate of drug-likeness (QED) is 0.796. The van der Waals surface area contributed by atoms with Gasteiger partial charge in [-0.05, 0) is 34.1 Å². The minimum absolute atomic E-state index is 0.304. The van der Waals surface area contributed by atoms with E-state index >= 15 is 0 Å². The Kier molecular flexibility index (Phi) is 4.36. The standard InChI is InChI=1S/C11H8Br2N2O2S/c1-17-10(16)9-5-18-11(15-9)14-8-3-2-6(12)4-7(8)13/h2-5H,1H3,(H,14,15). The molecule has 0 aliphatic carbocycles. The highest BCUT2D eigenvalue weighted by atomic mass is 79.9. The highest BCUT2D eigenvalue weighted by Gasteiger charge is 2.11. The lowest BCUT2D eigenvalue weighted by atomic mass is 10.3. The van der Waals surface area contributed by atoms with Crippen molar-refractivity contribution in [2.24, 2.45) is 0 Å². The number of methoxy groups -OCH3 is 1. The molecule has 0 saturated carbocycles. The summed E-state index contributed by atoms with van der Waals surface area (Å²) in [6.45, 7) is 0. The maximum absolute atomic E-state index is 11.3. The third-order valence-corrected chi connectivity index (χ3v) is 3.98. The van der Waals surface area contributed by atoms with Crippen LogP contribution in [0.4, 0.5) is 10.8 Å². The summed E-state index contributed by atoms with van der Waals surface area (Å²) in [5.41, 5.74) is 1.18. The van der Waals surface area contributed by atoms with Gasteiger partial charge in [-0.1, -0.05) is 15.9 Å². The maximum atomic E-state index is 11.3. The van der Waals surface area contributed by atoms with E-state index < -0.39 is 5.97 Å². The summed E-state index contributed by atoms with van der Waals surface area (Å²) in [6, 6.07) is 5.76. The first kappa shape index (κ1) is 13.5. The lowest BCUT2D eigenvalue weighted by Gasteiger charge is -2.05. The summed E-state index contributed by atoms with van der Waals surface area (Å²) in [4.78, 5) is 15.4. The summed E-state index contributed by atoms with van der Waals surface area (Å²) in [5.74, 6) is -0.436. The molecule has 1 N–H and O–H groups in total. The monoisotopic (exact) mass is 390 g/mol. The number of nitrogens with zero attached hydrogens (tertiary/aromatic N) is 1. The average molecular weight is 392 g/mol. The van der Waals surface area contributed by atoms with E-state index in [1.165, 1.54) is 18.4 Å². The van der Waals surface area contributed by atoms with Crippen LogP contribution in [0.15, 0.2) is 32.5 Å². The molecule has 0 saturated heterocycles. The number of aromatic nitrogens is 1. The SMILES string of the molecule is COC(=O)c1csc(Nc2ccc(Br)cc2Br)n1. The molecule has 0 bridgehead atoms. The van der Waals surface area contributed by atoms with Crippen molar-refractivity contribution in [3.8, 4) is 0 Å². The highest BCUT2D eigenvalue weighted by Crippen LogP contribution is 2.30. The molecule has 94 valence electrons. The molecular formula is C11H8Br2N2O2S. The molecule has 2 aromatic rings. The van der Waals surface area contributed by atoms with Crippen LogP contribution in [0.1, 0.15) is 10.5 Å². The number of ether oxygens (including phenoxy) is 1. The molecule has 0 aliphatic rings. The van der Waals surface area contributed by atoms with Crippen LogP contribution in [0.3, 0.4) is 0 Å². The number of benzene rings is 1. The molecule has 1 aromatic carbocycles. The van der Waals surface area contributed by atoms with E-state index in [-0.39, 0.29) is 0 Å². The molecular weight excluding hydrogens is 384 g/mol. The summed E-state index contributed by atoms with van der Waals surface area (Å²) in [5, 5.41) is 5.42. The van der Waals surface area contributed by atoms with Crippen molar-refractivity contribution in [1.82, 2.24) is 4.98 Å². The zero-order valence-electron chi connectivity index (χ0n) is 9.24.